The molecule has 0 N–H and O–H groups in total. The topological polar surface area (TPSA) is 26.3 Å². The van der Waals surface area contributed by atoms with Gasteiger partial charge in [-0.15, -0.1) is 11.3 Å². The van der Waals surface area contributed by atoms with Crippen LogP contribution < -0.4 is 4.74 Å². The van der Waals surface area contributed by atoms with Crippen molar-refractivity contribution in [2.24, 2.45) is 0 Å². The third-order valence-corrected chi connectivity index (χ3v) is 3.89. The molecular formula is C15H16O2S. The van der Waals surface area contributed by atoms with Crippen molar-refractivity contribution in [1.29, 1.82) is 0 Å². The van der Waals surface area contributed by atoms with Gasteiger partial charge in [-0.05, 0) is 49.7 Å². The van der Waals surface area contributed by atoms with Gasteiger partial charge in [0.15, 0.2) is 0 Å². The highest BCUT2D eigenvalue weighted by Gasteiger charge is 2.11. The Balaban J connectivity index is 2.17. The quantitative estimate of drug-likeness (QED) is 0.761. The highest BCUT2D eigenvalue weighted by molar-refractivity contribution is 7.14. The van der Waals surface area contributed by atoms with Gasteiger partial charge >= 0.3 is 0 Å². The molecule has 18 heavy (non-hydrogen) atoms. The number of hydrogen-bond acceptors (Lipinski definition) is 3. The van der Waals surface area contributed by atoms with Gasteiger partial charge in [0, 0.05) is 10.4 Å². The maximum absolute atomic E-state index is 12.2. The van der Waals surface area contributed by atoms with E-state index in [0.717, 1.165) is 17.0 Å². The summed E-state index contributed by atoms with van der Waals surface area (Å²) in [6, 6.07) is 11.2. The maximum Gasteiger partial charge on any atom is 0.202 e. The summed E-state index contributed by atoms with van der Waals surface area (Å²) in [5, 5.41) is 0. The second-order valence-corrected chi connectivity index (χ2v) is 5.07. The number of carbonyl (C=O) groups is 1. The molecule has 94 valence electrons. The Morgan fingerprint density at radius 1 is 1.11 bits per heavy atom. The standard InChI is InChI=1S/C15H16O2S/c1-3-13-9-10-14(18-13)15(16)11-5-7-12(8-6-11)17-4-2/h5-10H,3-4H2,1-2H3. The zero-order valence-corrected chi connectivity index (χ0v) is 11.4. The predicted molar refractivity (Wildman–Crippen MR) is 74.7 cm³/mol. The van der Waals surface area contributed by atoms with Crippen molar-refractivity contribution in [2.75, 3.05) is 6.61 Å². The fraction of sp³-hybridized carbons (Fsp3) is 0.267. The Labute approximate surface area is 111 Å². The summed E-state index contributed by atoms with van der Waals surface area (Å²) in [5.41, 5.74) is 0.711. The largest absolute Gasteiger partial charge is 0.494 e. The summed E-state index contributed by atoms with van der Waals surface area (Å²) in [5.74, 6) is 0.886. The first kappa shape index (κ1) is 12.8. The van der Waals surface area contributed by atoms with Crippen molar-refractivity contribution in [2.45, 2.75) is 20.3 Å². The number of ketones is 1. The van der Waals surface area contributed by atoms with E-state index >= 15 is 0 Å². The average molecular weight is 260 g/mol. The Bertz CT molecular complexity index is 526. The fourth-order valence-electron chi connectivity index (χ4n) is 1.70. The molecule has 0 radical (unpaired) electrons. The van der Waals surface area contributed by atoms with Crippen molar-refractivity contribution in [1.82, 2.24) is 0 Å². The van der Waals surface area contributed by atoms with E-state index in [2.05, 4.69) is 6.92 Å². The second-order valence-electron chi connectivity index (χ2n) is 3.91. The normalized spacial score (nSPS) is 10.3. The molecule has 0 amide bonds. The Kier molecular flexibility index (Phi) is 4.15. The number of rotatable bonds is 5. The SMILES string of the molecule is CCOc1ccc(C(=O)c2ccc(CC)s2)cc1. The molecule has 2 aromatic rings. The minimum absolute atomic E-state index is 0.0859. The lowest BCUT2D eigenvalue weighted by Gasteiger charge is -2.03. The van der Waals surface area contributed by atoms with E-state index in [1.54, 1.807) is 11.3 Å². The summed E-state index contributed by atoms with van der Waals surface area (Å²) in [6.07, 6.45) is 0.973. The first-order valence-corrected chi connectivity index (χ1v) is 6.92. The maximum atomic E-state index is 12.2. The van der Waals surface area contributed by atoms with E-state index in [9.17, 15) is 4.79 Å². The lowest BCUT2D eigenvalue weighted by Crippen LogP contribution is -1.98. The molecule has 0 aliphatic rings. The molecule has 0 bridgehead atoms. The minimum Gasteiger partial charge on any atom is -0.494 e. The average Bonchev–Trinajstić information content (AvgIpc) is 2.88. The van der Waals surface area contributed by atoms with Gasteiger partial charge < -0.3 is 4.74 Å². The minimum atomic E-state index is 0.0859. The van der Waals surface area contributed by atoms with Gasteiger partial charge in [0.05, 0.1) is 11.5 Å². The number of carbonyl (C=O) groups excluding carboxylic acids is 1. The predicted octanol–water partition coefficient (Wildman–Crippen LogP) is 3.94. The van der Waals surface area contributed by atoms with Gasteiger partial charge in [-0.25, -0.2) is 0 Å². The lowest BCUT2D eigenvalue weighted by atomic mass is 10.1. The van der Waals surface area contributed by atoms with E-state index in [4.69, 9.17) is 4.74 Å². The van der Waals surface area contributed by atoms with Crippen LogP contribution in [0, 0.1) is 0 Å². The van der Waals surface area contributed by atoms with Crippen molar-refractivity contribution >= 4 is 17.1 Å². The molecule has 0 saturated heterocycles. The smallest absolute Gasteiger partial charge is 0.202 e. The van der Waals surface area contributed by atoms with E-state index in [-0.39, 0.29) is 5.78 Å². The first-order chi connectivity index (χ1) is 8.74. The number of benzene rings is 1. The van der Waals surface area contributed by atoms with Crippen LogP contribution >= 0.6 is 11.3 Å². The van der Waals surface area contributed by atoms with E-state index in [1.807, 2.05) is 43.3 Å². The van der Waals surface area contributed by atoms with Crippen molar-refractivity contribution < 1.29 is 9.53 Å². The Morgan fingerprint density at radius 2 is 1.83 bits per heavy atom. The van der Waals surface area contributed by atoms with Gasteiger partial charge in [-0.2, -0.15) is 0 Å². The van der Waals surface area contributed by atoms with Gasteiger partial charge in [-0.1, -0.05) is 6.92 Å². The van der Waals surface area contributed by atoms with Crippen LogP contribution in [0.5, 0.6) is 5.75 Å². The monoisotopic (exact) mass is 260 g/mol. The lowest BCUT2D eigenvalue weighted by molar-refractivity contribution is 0.104. The molecule has 0 saturated carbocycles. The van der Waals surface area contributed by atoms with E-state index < -0.39 is 0 Å². The van der Waals surface area contributed by atoms with Crippen molar-refractivity contribution in [3.63, 3.8) is 0 Å². The molecular weight excluding hydrogens is 244 g/mol. The van der Waals surface area contributed by atoms with Crippen LogP contribution in [0.15, 0.2) is 36.4 Å². The highest BCUT2D eigenvalue weighted by Crippen LogP contribution is 2.21. The van der Waals surface area contributed by atoms with Gasteiger partial charge in [0.25, 0.3) is 0 Å². The number of hydrogen-bond donors (Lipinski definition) is 0. The molecule has 0 aliphatic heterocycles. The third-order valence-electron chi connectivity index (χ3n) is 2.66. The molecule has 1 heterocycles. The van der Waals surface area contributed by atoms with E-state index in [0.29, 0.717) is 12.2 Å². The first-order valence-electron chi connectivity index (χ1n) is 6.10. The van der Waals surface area contributed by atoms with Crippen LogP contribution in [0.25, 0.3) is 0 Å². The molecule has 2 rings (SSSR count). The molecule has 2 nitrogen and oxygen atoms in total. The number of ether oxygens (including phenoxy) is 1. The zero-order valence-electron chi connectivity index (χ0n) is 10.6. The summed E-state index contributed by atoms with van der Waals surface area (Å²) < 4.78 is 5.36. The van der Waals surface area contributed by atoms with Crippen LogP contribution in [0.3, 0.4) is 0 Å². The fourth-order valence-corrected chi connectivity index (χ4v) is 2.61. The highest BCUT2D eigenvalue weighted by atomic mass is 32.1. The molecule has 0 spiro atoms. The number of aryl methyl sites for hydroxylation is 1. The zero-order chi connectivity index (χ0) is 13.0. The number of thiophene rings is 1. The van der Waals surface area contributed by atoms with Crippen LogP contribution in [0.4, 0.5) is 0 Å². The third kappa shape index (κ3) is 2.79. The van der Waals surface area contributed by atoms with Crippen LogP contribution in [-0.2, 0) is 6.42 Å². The summed E-state index contributed by atoms with van der Waals surface area (Å²) in [4.78, 5) is 14.3. The van der Waals surface area contributed by atoms with Crippen LogP contribution in [0.1, 0.15) is 34.0 Å². The molecule has 1 aromatic carbocycles. The molecule has 0 unspecified atom stereocenters. The van der Waals surface area contributed by atoms with Crippen LogP contribution in [-0.4, -0.2) is 12.4 Å². The second kappa shape index (κ2) is 5.83. The van der Waals surface area contributed by atoms with Crippen LogP contribution in [0.2, 0.25) is 0 Å². The summed E-state index contributed by atoms with van der Waals surface area (Å²) in [6.45, 7) is 4.67. The van der Waals surface area contributed by atoms with Gasteiger partial charge in [0.2, 0.25) is 5.78 Å². The van der Waals surface area contributed by atoms with Crippen molar-refractivity contribution in [3.8, 4) is 5.75 Å². The van der Waals surface area contributed by atoms with Gasteiger partial charge in [0.1, 0.15) is 5.75 Å². The summed E-state index contributed by atoms with van der Waals surface area (Å²) >= 11 is 1.57. The summed E-state index contributed by atoms with van der Waals surface area (Å²) in [7, 11) is 0. The Hall–Kier alpha value is -1.61. The van der Waals surface area contributed by atoms with Gasteiger partial charge in [-0.3, -0.25) is 4.79 Å². The van der Waals surface area contributed by atoms with Crippen molar-refractivity contribution in [3.05, 3.63) is 51.7 Å². The Morgan fingerprint density at radius 3 is 2.39 bits per heavy atom. The molecule has 0 aliphatic carbocycles. The molecule has 0 fully saturated rings. The molecule has 1 aromatic heterocycles. The molecule has 3 heteroatoms. The van der Waals surface area contributed by atoms with E-state index in [1.165, 1.54) is 4.88 Å². The molecule has 0 atom stereocenters.